The highest BCUT2D eigenvalue weighted by atomic mass is 32.2. The molecule has 0 N–H and O–H groups in total. The van der Waals surface area contributed by atoms with Crippen LogP contribution in [0, 0.1) is 33.6 Å². The zero-order valence-electron chi connectivity index (χ0n) is 22.5. The van der Waals surface area contributed by atoms with Gasteiger partial charge in [0.1, 0.15) is 5.69 Å². The van der Waals surface area contributed by atoms with Crippen molar-refractivity contribution in [2.75, 3.05) is 24.5 Å². The first kappa shape index (κ1) is 26.4. The van der Waals surface area contributed by atoms with Crippen molar-refractivity contribution in [1.29, 1.82) is 0 Å². The average Bonchev–Trinajstić information content (AvgIpc) is 3.28. The second kappa shape index (κ2) is 10.5. The van der Waals surface area contributed by atoms with Crippen LogP contribution in [0.5, 0.6) is 0 Å². The van der Waals surface area contributed by atoms with Crippen LogP contribution in [0.15, 0.2) is 45.8 Å². The Labute approximate surface area is 225 Å². The number of hydrogen-bond donors (Lipinski definition) is 0. The predicted octanol–water partition coefficient (Wildman–Crippen LogP) is 5.46. The fourth-order valence-corrected chi connectivity index (χ4v) is 7.59. The Morgan fingerprint density at radius 3 is 2.39 bits per heavy atom. The fourth-order valence-electron chi connectivity index (χ4n) is 5.87. The Bertz CT molecular complexity index is 1470. The van der Waals surface area contributed by atoms with Gasteiger partial charge in [-0.25, -0.2) is 8.42 Å². The maximum atomic E-state index is 13.7. The van der Waals surface area contributed by atoms with Gasteiger partial charge in [0.25, 0.3) is 0 Å². The number of benzene rings is 2. The molecule has 0 atom stereocenters. The SMILES string of the molecule is Cc1cc(C)c(C=Cc2onc(C)c2S(=O)(=O)N2CCC(C(=O)N3CCCc4ccccc43)CC2)c(C)c1. The van der Waals surface area contributed by atoms with E-state index in [1.54, 1.807) is 13.0 Å². The van der Waals surface area contributed by atoms with Gasteiger partial charge in [-0.2, -0.15) is 4.31 Å². The van der Waals surface area contributed by atoms with Gasteiger partial charge in [0, 0.05) is 31.2 Å². The van der Waals surface area contributed by atoms with Crippen molar-refractivity contribution in [3.8, 4) is 0 Å². The van der Waals surface area contributed by atoms with Crippen LogP contribution in [0.25, 0.3) is 12.2 Å². The third kappa shape index (κ3) is 4.95. The van der Waals surface area contributed by atoms with Crippen LogP contribution >= 0.6 is 0 Å². The van der Waals surface area contributed by atoms with Gasteiger partial charge in [0.15, 0.2) is 10.7 Å². The van der Waals surface area contributed by atoms with Crippen LogP contribution in [0.4, 0.5) is 5.69 Å². The summed E-state index contributed by atoms with van der Waals surface area (Å²) >= 11 is 0. The molecule has 2 aromatic carbocycles. The van der Waals surface area contributed by atoms with E-state index in [4.69, 9.17) is 4.52 Å². The van der Waals surface area contributed by atoms with Gasteiger partial charge in [-0.3, -0.25) is 4.79 Å². The standard InChI is InChI=1S/C30H35N3O4S/c1-20-18-21(2)26(22(3)19-20)11-12-28-29(23(4)31-37-28)38(35,36)32-16-13-25(14-17-32)30(34)33-15-7-9-24-8-5-6-10-27(24)33/h5-6,8,10-12,18-19,25H,7,9,13-17H2,1-4H3. The van der Waals surface area contributed by atoms with Crippen molar-refractivity contribution in [2.24, 2.45) is 5.92 Å². The third-order valence-corrected chi connectivity index (χ3v) is 9.81. The van der Waals surface area contributed by atoms with Gasteiger partial charge in [0.05, 0.1) is 0 Å². The number of hydrogen-bond acceptors (Lipinski definition) is 5. The van der Waals surface area contributed by atoms with Crippen molar-refractivity contribution < 1.29 is 17.7 Å². The highest BCUT2D eigenvalue weighted by Crippen LogP contribution is 2.33. The monoisotopic (exact) mass is 533 g/mol. The van der Waals surface area contributed by atoms with Crippen LogP contribution in [-0.2, 0) is 21.2 Å². The second-order valence-corrected chi connectivity index (χ2v) is 12.4. The lowest BCUT2D eigenvalue weighted by molar-refractivity contribution is -0.123. The number of amides is 1. The highest BCUT2D eigenvalue weighted by Gasteiger charge is 2.37. The molecule has 2 aliphatic heterocycles. The minimum absolute atomic E-state index is 0.0998. The van der Waals surface area contributed by atoms with Crippen LogP contribution in [-0.4, -0.2) is 43.4 Å². The first-order valence-electron chi connectivity index (χ1n) is 13.3. The van der Waals surface area contributed by atoms with E-state index in [0.29, 0.717) is 25.1 Å². The Hall–Kier alpha value is -3.23. The van der Waals surface area contributed by atoms with E-state index in [1.165, 1.54) is 15.4 Å². The van der Waals surface area contributed by atoms with Gasteiger partial charge in [-0.15, -0.1) is 0 Å². The van der Waals surface area contributed by atoms with E-state index in [0.717, 1.165) is 35.2 Å². The lowest BCUT2D eigenvalue weighted by Crippen LogP contribution is -2.45. The van der Waals surface area contributed by atoms with Crippen LogP contribution in [0.2, 0.25) is 0 Å². The molecule has 200 valence electrons. The predicted molar refractivity (Wildman–Crippen MR) is 149 cm³/mol. The number of fused-ring (bicyclic) bond motifs is 1. The molecule has 0 bridgehead atoms. The molecule has 0 unspecified atom stereocenters. The molecule has 0 saturated carbocycles. The number of aromatic nitrogens is 1. The summed E-state index contributed by atoms with van der Waals surface area (Å²) in [4.78, 5) is 15.4. The summed E-state index contributed by atoms with van der Waals surface area (Å²) in [6.45, 7) is 9.08. The number of piperidine rings is 1. The number of carbonyl (C=O) groups is 1. The lowest BCUT2D eigenvalue weighted by atomic mass is 9.94. The molecule has 8 heteroatoms. The van der Waals surface area contributed by atoms with E-state index in [-0.39, 0.29) is 35.6 Å². The Kier molecular flexibility index (Phi) is 7.29. The molecular weight excluding hydrogens is 498 g/mol. The molecule has 1 aromatic heterocycles. The Balaban J connectivity index is 1.32. The van der Waals surface area contributed by atoms with Crippen LogP contribution in [0.1, 0.15) is 58.5 Å². The maximum absolute atomic E-state index is 13.7. The number of para-hydroxylation sites is 1. The molecule has 3 heterocycles. The average molecular weight is 534 g/mol. The van der Waals surface area contributed by atoms with Crippen molar-refractivity contribution in [3.05, 3.63) is 75.7 Å². The minimum Gasteiger partial charge on any atom is -0.355 e. The number of sulfonamides is 1. The van der Waals surface area contributed by atoms with E-state index in [2.05, 4.69) is 30.3 Å². The van der Waals surface area contributed by atoms with Crippen LogP contribution in [0.3, 0.4) is 0 Å². The topological polar surface area (TPSA) is 83.7 Å². The molecule has 1 amide bonds. The molecule has 5 rings (SSSR count). The molecular formula is C30H35N3O4S. The third-order valence-electron chi connectivity index (χ3n) is 7.75. The van der Waals surface area contributed by atoms with Crippen molar-refractivity contribution in [1.82, 2.24) is 9.46 Å². The molecule has 38 heavy (non-hydrogen) atoms. The van der Waals surface area contributed by atoms with Crippen molar-refractivity contribution in [3.63, 3.8) is 0 Å². The van der Waals surface area contributed by atoms with Gasteiger partial charge >= 0.3 is 0 Å². The molecule has 1 saturated heterocycles. The van der Waals surface area contributed by atoms with Gasteiger partial charge < -0.3 is 9.42 Å². The van der Waals surface area contributed by atoms with E-state index < -0.39 is 10.0 Å². The Morgan fingerprint density at radius 1 is 1.00 bits per heavy atom. The molecule has 3 aromatic rings. The quantitative estimate of drug-likeness (QED) is 0.435. The summed E-state index contributed by atoms with van der Waals surface area (Å²) in [6, 6.07) is 12.3. The number of aryl methyl sites for hydroxylation is 5. The minimum atomic E-state index is -3.83. The van der Waals surface area contributed by atoms with E-state index in [1.807, 2.05) is 43.0 Å². The van der Waals surface area contributed by atoms with E-state index in [9.17, 15) is 13.2 Å². The van der Waals surface area contributed by atoms with Gasteiger partial charge in [-0.05, 0) is 87.8 Å². The zero-order chi connectivity index (χ0) is 27.0. The summed E-state index contributed by atoms with van der Waals surface area (Å²) < 4.78 is 34.4. The number of rotatable bonds is 5. The first-order valence-corrected chi connectivity index (χ1v) is 14.7. The molecule has 0 radical (unpaired) electrons. The van der Waals surface area contributed by atoms with Crippen molar-refractivity contribution in [2.45, 2.75) is 58.3 Å². The largest absolute Gasteiger partial charge is 0.355 e. The summed E-state index contributed by atoms with van der Waals surface area (Å²) in [5, 5.41) is 3.98. The maximum Gasteiger partial charge on any atom is 0.248 e. The Morgan fingerprint density at radius 2 is 1.68 bits per heavy atom. The van der Waals surface area contributed by atoms with Gasteiger partial charge in [-0.1, -0.05) is 47.1 Å². The number of anilines is 1. The summed E-state index contributed by atoms with van der Waals surface area (Å²) in [7, 11) is -3.83. The number of nitrogens with zero attached hydrogens (tertiary/aromatic N) is 3. The fraction of sp³-hybridized carbons (Fsp3) is 0.400. The molecule has 7 nitrogen and oxygen atoms in total. The summed E-state index contributed by atoms with van der Waals surface area (Å²) in [5.41, 5.74) is 6.98. The molecule has 0 spiro atoms. The zero-order valence-corrected chi connectivity index (χ0v) is 23.3. The van der Waals surface area contributed by atoms with Crippen LogP contribution < -0.4 is 4.90 Å². The van der Waals surface area contributed by atoms with E-state index >= 15 is 0 Å². The second-order valence-electron chi connectivity index (χ2n) is 10.5. The normalized spacial score (nSPS) is 17.2. The lowest BCUT2D eigenvalue weighted by Gasteiger charge is -2.36. The molecule has 2 aliphatic rings. The van der Waals surface area contributed by atoms with Crippen molar-refractivity contribution >= 4 is 33.8 Å². The summed E-state index contributed by atoms with van der Waals surface area (Å²) in [5.74, 6) is 0.135. The van der Waals surface area contributed by atoms with Gasteiger partial charge in [0.2, 0.25) is 15.9 Å². The molecule has 0 aliphatic carbocycles. The first-order chi connectivity index (χ1) is 18.2. The highest BCUT2D eigenvalue weighted by molar-refractivity contribution is 7.89. The smallest absolute Gasteiger partial charge is 0.248 e. The molecule has 1 fully saturated rings. The summed E-state index contributed by atoms with van der Waals surface area (Å²) in [6.07, 6.45) is 6.50. The number of carbonyl (C=O) groups excluding carboxylic acids is 1.